The van der Waals surface area contributed by atoms with Crippen LogP contribution in [-0.2, 0) is 17.9 Å². The number of rotatable bonds is 5. The van der Waals surface area contributed by atoms with Gasteiger partial charge >= 0.3 is 6.03 Å². The minimum absolute atomic E-state index is 0.115. The molecular weight excluding hydrogens is 326 g/mol. The highest BCUT2D eigenvalue weighted by molar-refractivity contribution is 5.95. The number of amides is 3. The summed E-state index contributed by atoms with van der Waals surface area (Å²) in [4.78, 5) is 27.8. The second-order valence-electron chi connectivity index (χ2n) is 6.76. The molecule has 0 unspecified atom stereocenters. The molecule has 0 spiro atoms. The fourth-order valence-electron chi connectivity index (χ4n) is 3.18. The van der Waals surface area contributed by atoms with Crippen molar-refractivity contribution in [3.05, 3.63) is 65.2 Å². The maximum absolute atomic E-state index is 12.4. The molecular formula is C21H25N3O2. The summed E-state index contributed by atoms with van der Waals surface area (Å²) < 4.78 is 0. The van der Waals surface area contributed by atoms with E-state index in [0.29, 0.717) is 19.5 Å². The largest absolute Gasteiger partial charge is 0.334 e. The summed E-state index contributed by atoms with van der Waals surface area (Å²) in [5.41, 5.74) is 4.21. The SMILES string of the molecule is Cc1ccccc1CN(C)C(=O)NCc1cccc(N2CCCC2=O)c1. The Morgan fingerprint density at radius 1 is 1.19 bits per heavy atom. The van der Waals surface area contributed by atoms with Gasteiger partial charge in [0.05, 0.1) is 0 Å². The molecule has 1 heterocycles. The Balaban J connectivity index is 1.57. The second kappa shape index (κ2) is 8.04. The average molecular weight is 351 g/mol. The molecule has 0 bridgehead atoms. The average Bonchev–Trinajstić information content (AvgIpc) is 3.08. The minimum atomic E-state index is -0.115. The van der Waals surface area contributed by atoms with Crippen LogP contribution >= 0.6 is 0 Å². The number of hydrogen-bond acceptors (Lipinski definition) is 2. The number of anilines is 1. The van der Waals surface area contributed by atoms with E-state index in [2.05, 4.69) is 5.32 Å². The number of nitrogens with zero attached hydrogens (tertiary/aromatic N) is 2. The Morgan fingerprint density at radius 2 is 2.00 bits per heavy atom. The van der Waals surface area contributed by atoms with Crippen molar-refractivity contribution in [1.82, 2.24) is 10.2 Å². The Morgan fingerprint density at radius 3 is 2.73 bits per heavy atom. The molecule has 5 heteroatoms. The van der Waals surface area contributed by atoms with E-state index in [1.54, 1.807) is 11.9 Å². The van der Waals surface area contributed by atoms with E-state index in [4.69, 9.17) is 0 Å². The van der Waals surface area contributed by atoms with Gasteiger partial charge in [0.2, 0.25) is 5.91 Å². The number of hydrogen-bond donors (Lipinski definition) is 1. The molecule has 2 aromatic carbocycles. The smallest absolute Gasteiger partial charge is 0.317 e. The molecule has 5 nitrogen and oxygen atoms in total. The highest BCUT2D eigenvalue weighted by Crippen LogP contribution is 2.22. The van der Waals surface area contributed by atoms with Crippen molar-refractivity contribution in [2.24, 2.45) is 0 Å². The van der Waals surface area contributed by atoms with Gasteiger partial charge < -0.3 is 15.1 Å². The first kappa shape index (κ1) is 18.0. The van der Waals surface area contributed by atoms with Crippen LogP contribution in [0.5, 0.6) is 0 Å². The van der Waals surface area contributed by atoms with Gasteiger partial charge in [0.25, 0.3) is 0 Å². The Labute approximate surface area is 154 Å². The van der Waals surface area contributed by atoms with Gasteiger partial charge in [0.1, 0.15) is 0 Å². The van der Waals surface area contributed by atoms with Crippen LogP contribution in [0.25, 0.3) is 0 Å². The van der Waals surface area contributed by atoms with Crippen molar-refractivity contribution >= 4 is 17.6 Å². The molecule has 1 aliphatic heterocycles. The number of nitrogens with one attached hydrogen (secondary N) is 1. The van der Waals surface area contributed by atoms with Gasteiger partial charge in [-0.15, -0.1) is 0 Å². The first-order valence-electron chi connectivity index (χ1n) is 8.97. The zero-order valence-electron chi connectivity index (χ0n) is 15.4. The lowest BCUT2D eigenvalue weighted by molar-refractivity contribution is -0.117. The lowest BCUT2D eigenvalue weighted by atomic mass is 10.1. The third-order valence-corrected chi connectivity index (χ3v) is 4.75. The summed E-state index contributed by atoms with van der Waals surface area (Å²) in [5, 5.41) is 2.95. The molecule has 3 rings (SSSR count). The molecule has 1 N–H and O–H groups in total. The van der Waals surface area contributed by atoms with E-state index < -0.39 is 0 Å². The van der Waals surface area contributed by atoms with Crippen molar-refractivity contribution in [3.63, 3.8) is 0 Å². The van der Waals surface area contributed by atoms with E-state index >= 15 is 0 Å². The highest BCUT2D eigenvalue weighted by Gasteiger charge is 2.21. The molecule has 26 heavy (non-hydrogen) atoms. The quantitative estimate of drug-likeness (QED) is 0.897. The predicted molar refractivity (Wildman–Crippen MR) is 103 cm³/mol. The van der Waals surface area contributed by atoms with E-state index in [9.17, 15) is 9.59 Å². The topological polar surface area (TPSA) is 52.7 Å². The molecule has 136 valence electrons. The fourth-order valence-corrected chi connectivity index (χ4v) is 3.18. The van der Waals surface area contributed by atoms with Crippen LogP contribution in [0.4, 0.5) is 10.5 Å². The van der Waals surface area contributed by atoms with Crippen molar-refractivity contribution < 1.29 is 9.59 Å². The maximum atomic E-state index is 12.4. The van der Waals surface area contributed by atoms with Crippen LogP contribution in [0, 0.1) is 6.92 Å². The third-order valence-electron chi connectivity index (χ3n) is 4.75. The maximum Gasteiger partial charge on any atom is 0.317 e. The highest BCUT2D eigenvalue weighted by atomic mass is 16.2. The first-order chi connectivity index (χ1) is 12.5. The van der Waals surface area contributed by atoms with Gasteiger partial charge in [0.15, 0.2) is 0 Å². The van der Waals surface area contributed by atoms with Crippen molar-refractivity contribution in [3.8, 4) is 0 Å². The second-order valence-corrected chi connectivity index (χ2v) is 6.76. The van der Waals surface area contributed by atoms with Crippen LogP contribution in [0.15, 0.2) is 48.5 Å². The lowest BCUT2D eigenvalue weighted by Gasteiger charge is -2.20. The van der Waals surface area contributed by atoms with Crippen LogP contribution in [0.2, 0.25) is 0 Å². The number of urea groups is 1. The zero-order chi connectivity index (χ0) is 18.5. The fraction of sp³-hybridized carbons (Fsp3) is 0.333. The van der Waals surface area contributed by atoms with Gasteiger partial charge in [-0.05, 0) is 42.2 Å². The Kier molecular flexibility index (Phi) is 5.56. The Hall–Kier alpha value is -2.82. The minimum Gasteiger partial charge on any atom is -0.334 e. The summed E-state index contributed by atoms with van der Waals surface area (Å²) in [7, 11) is 1.79. The predicted octanol–water partition coefficient (Wildman–Crippen LogP) is 3.46. The van der Waals surface area contributed by atoms with Gasteiger partial charge in [-0.1, -0.05) is 36.4 Å². The summed E-state index contributed by atoms with van der Waals surface area (Å²) >= 11 is 0. The van der Waals surface area contributed by atoms with Gasteiger partial charge in [-0.25, -0.2) is 4.79 Å². The van der Waals surface area contributed by atoms with E-state index in [0.717, 1.165) is 29.8 Å². The van der Waals surface area contributed by atoms with E-state index in [-0.39, 0.29) is 11.9 Å². The molecule has 1 aliphatic rings. The number of carbonyl (C=O) groups is 2. The van der Waals surface area contributed by atoms with Crippen LogP contribution in [0.1, 0.15) is 29.5 Å². The standard InChI is InChI=1S/C21H25N3O2/c1-16-7-3-4-9-18(16)15-23(2)21(26)22-14-17-8-5-10-19(13-17)24-12-6-11-20(24)25/h3-5,7-10,13H,6,11-12,14-15H2,1-2H3,(H,22,26). The molecule has 0 aliphatic carbocycles. The van der Waals surface area contributed by atoms with Crippen LogP contribution in [0.3, 0.4) is 0 Å². The summed E-state index contributed by atoms with van der Waals surface area (Å²) in [5.74, 6) is 0.171. The number of benzene rings is 2. The molecule has 2 aromatic rings. The molecule has 0 saturated carbocycles. The van der Waals surface area contributed by atoms with E-state index in [1.807, 2.05) is 60.4 Å². The number of carbonyl (C=O) groups excluding carboxylic acids is 2. The zero-order valence-corrected chi connectivity index (χ0v) is 15.4. The molecule has 0 radical (unpaired) electrons. The molecule has 0 atom stereocenters. The summed E-state index contributed by atoms with van der Waals surface area (Å²) in [6.07, 6.45) is 1.52. The van der Waals surface area contributed by atoms with E-state index in [1.165, 1.54) is 5.56 Å². The lowest BCUT2D eigenvalue weighted by Crippen LogP contribution is -2.36. The molecule has 0 aromatic heterocycles. The van der Waals surface area contributed by atoms with Crippen LogP contribution in [-0.4, -0.2) is 30.4 Å². The van der Waals surface area contributed by atoms with Gasteiger partial charge in [-0.3, -0.25) is 4.79 Å². The molecule has 1 fully saturated rings. The van der Waals surface area contributed by atoms with Crippen molar-refractivity contribution in [2.75, 3.05) is 18.5 Å². The normalized spacial score (nSPS) is 13.8. The van der Waals surface area contributed by atoms with Crippen molar-refractivity contribution in [1.29, 1.82) is 0 Å². The van der Waals surface area contributed by atoms with Gasteiger partial charge in [0, 0.05) is 38.8 Å². The monoisotopic (exact) mass is 351 g/mol. The van der Waals surface area contributed by atoms with Gasteiger partial charge in [-0.2, -0.15) is 0 Å². The van der Waals surface area contributed by atoms with Crippen molar-refractivity contribution in [2.45, 2.75) is 32.9 Å². The first-order valence-corrected chi connectivity index (χ1v) is 8.97. The summed E-state index contributed by atoms with van der Waals surface area (Å²) in [6.45, 7) is 3.83. The Bertz CT molecular complexity index is 803. The molecule has 1 saturated heterocycles. The molecule has 3 amide bonds. The third kappa shape index (κ3) is 4.23. The van der Waals surface area contributed by atoms with Crippen LogP contribution < -0.4 is 10.2 Å². The summed E-state index contributed by atoms with van der Waals surface area (Å²) in [6, 6.07) is 15.8. The number of aryl methyl sites for hydroxylation is 1.